The van der Waals surface area contributed by atoms with Gasteiger partial charge in [-0.05, 0) is 32.0 Å². The molecule has 0 saturated heterocycles. The summed E-state index contributed by atoms with van der Waals surface area (Å²) in [5, 5.41) is 8.53. The summed E-state index contributed by atoms with van der Waals surface area (Å²) in [5.41, 5.74) is 0.507. The standard InChI is InChI=1S/C17H15ClN4O4/c1-10(2)25-15(24)9-22-14(23)7-6-13(20-22)17-19-16(21-26-17)11-4-3-5-12(18)8-11/h3-8,10H,9H2,1-2H3. The van der Waals surface area contributed by atoms with Gasteiger partial charge in [-0.3, -0.25) is 9.59 Å². The minimum atomic E-state index is -0.558. The first-order chi connectivity index (χ1) is 12.4. The maximum absolute atomic E-state index is 11.9. The highest BCUT2D eigenvalue weighted by Gasteiger charge is 2.15. The number of benzene rings is 1. The largest absolute Gasteiger partial charge is 0.462 e. The van der Waals surface area contributed by atoms with Gasteiger partial charge in [-0.15, -0.1) is 0 Å². The zero-order valence-corrected chi connectivity index (χ0v) is 14.8. The van der Waals surface area contributed by atoms with Crippen LogP contribution in [0.15, 0.2) is 45.7 Å². The number of carbonyl (C=O) groups is 1. The van der Waals surface area contributed by atoms with E-state index < -0.39 is 11.5 Å². The summed E-state index contributed by atoms with van der Waals surface area (Å²) in [6.45, 7) is 3.14. The van der Waals surface area contributed by atoms with Gasteiger partial charge in [-0.1, -0.05) is 28.9 Å². The average molecular weight is 375 g/mol. The number of ether oxygens (including phenoxy) is 1. The van der Waals surface area contributed by atoms with Crippen LogP contribution < -0.4 is 5.56 Å². The third-order valence-corrected chi connectivity index (χ3v) is 3.48. The first kappa shape index (κ1) is 17.8. The number of rotatable bonds is 5. The minimum absolute atomic E-state index is 0.117. The highest BCUT2D eigenvalue weighted by molar-refractivity contribution is 6.30. The van der Waals surface area contributed by atoms with Crippen molar-refractivity contribution in [2.45, 2.75) is 26.5 Å². The van der Waals surface area contributed by atoms with Gasteiger partial charge in [0.25, 0.3) is 11.4 Å². The minimum Gasteiger partial charge on any atom is -0.462 e. The van der Waals surface area contributed by atoms with E-state index in [1.165, 1.54) is 12.1 Å². The lowest BCUT2D eigenvalue weighted by Crippen LogP contribution is -2.28. The second kappa shape index (κ2) is 7.49. The number of aromatic nitrogens is 4. The van der Waals surface area contributed by atoms with Crippen molar-refractivity contribution in [3.8, 4) is 23.0 Å². The fraction of sp³-hybridized carbons (Fsp3) is 0.235. The van der Waals surface area contributed by atoms with Crippen molar-refractivity contribution in [2.75, 3.05) is 0 Å². The molecule has 26 heavy (non-hydrogen) atoms. The van der Waals surface area contributed by atoms with Crippen molar-refractivity contribution < 1.29 is 14.1 Å². The lowest BCUT2D eigenvalue weighted by atomic mass is 10.2. The van der Waals surface area contributed by atoms with Gasteiger partial charge >= 0.3 is 5.97 Å². The molecule has 3 rings (SSSR count). The predicted molar refractivity (Wildman–Crippen MR) is 93.5 cm³/mol. The number of hydrogen-bond donors (Lipinski definition) is 0. The molecular weight excluding hydrogens is 360 g/mol. The summed E-state index contributed by atoms with van der Waals surface area (Å²) in [6.07, 6.45) is -0.280. The van der Waals surface area contributed by atoms with Gasteiger partial charge < -0.3 is 9.26 Å². The monoisotopic (exact) mass is 374 g/mol. The number of nitrogens with zero attached hydrogens (tertiary/aromatic N) is 4. The molecule has 0 unspecified atom stereocenters. The highest BCUT2D eigenvalue weighted by atomic mass is 35.5. The van der Waals surface area contributed by atoms with E-state index in [4.69, 9.17) is 20.9 Å². The van der Waals surface area contributed by atoms with Crippen molar-refractivity contribution in [3.05, 3.63) is 51.8 Å². The summed E-state index contributed by atoms with van der Waals surface area (Å²) < 4.78 is 11.2. The average Bonchev–Trinajstić information content (AvgIpc) is 3.06. The van der Waals surface area contributed by atoms with E-state index in [2.05, 4.69) is 15.2 Å². The molecule has 0 aliphatic heterocycles. The summed E-state index contributed by atoms with van der Waals surface area (Å²) in [6, 6.07) is 9.71. The van der Waals surface area contributed by atoms with Crippen molar-refractivity contribution in [1.82, 2.24) is 19.9 Å². The van der Waals surface area contributed by atoms with E-state index in [9.17, 15) is 9.59 Å². The molecule has 0 amide bonds. The molecule has 0 N–H and O–H groups in total. The number of carbonyl (C=O) groups excluding carboxylic acids is 1. The van der Waals surface area contributed by atoms with Crippen LogP contribution in [0.4, 0.5) is 0 Å². The van der Waals surface area contributed by atoms with Crippen LogP contribution in [-0.2, 0) is 16.1 Å². The van der Waals surface area contributed by atoms with Crippen LogP contribution in [-0.4, -0.2) is 32.0 Å². The Morgan fingerprint density at radius 1 is 1.31 bits per heavy atom. The molecule has 0 aliphatic carbocycles. The van der Waals surface area contributed by atoms with Crippen LogP contribution in [0.25, 0.3) is 23.0 Å². The summed E-state index contributed by atoms with van der Waals surface area (Å²) in [7, 11) is 0. The van der Waals surface area contributed by atoms with Crippen LogP contribution in [0, 0.1) is 0 Å². The molecule has 9 heteroatoms. The van der Waals surface area contributed by atoms with Crippen LogP contribution in [0.5, 0.6) is 0 Å². The topological polar surface area (TPSA) is 100 Å². The molecule has 1 aromatic carbocycles. The van der Waals surface area contributed by atoms with Crippen molar-refractivity contribution in [3.63, 3.8) is 0 Å². The highest BCUT2D eigenvalue weighted by Crippen LogP contribution is 2.22. The first-order valence-electron chi connectivity index (χ1n) is 7.80. The van der Waals surface area contributed by atoms with Crippen molar-refractivity contribution in [1.29, 1.82) is 0 Å². The molecule has 0 spiro atoms. The summed E-state index contributed by atoms with van der Waals surface area (Å²) in [4.78, 5) is 27.9. The van der Waals surface area contributed by atoms with Gasteiger partial charge in [0.1, 0.15) is 12.2 Å². The lowest BCUT2D eigenvalue weighted by molar-refractivity contribution is -0.148. The van der Waals surface area contributed by atoms with Crippen LogP contribution in [0.3, 0.4) is 0 Å². The van der Waals surface area contributed by atoms with E-state index in [1.807, 2.05) is 0 Å². The number of halogens is 1. The molecule has 2 heterocycles. The van der Waals surface area contributed by atoms with E-state index in [-0.39, 0.29) is 24.2 Å². The Morgan fingerprint density at radius 2 is 2.12 bits per heavy atom. The SMILES string of the molecule is CC(C)OC(=O)Cn1nc(-c2nc(-c3cccc(Cl)c3)no2)ccc1=O. The molecule has 134 valence electrons. The second-order valence-corrected chi connectivity index (χ2v) is 6.12. The van der Waals surface area contributed by atoms with E-state index in [0.717, 1.165) is 4.68 Å². The van der Waals surface area contributed by atoms with Crippen molar-refractivity contribution >= 4 is 17.6 Å². The molecule has 3 aromatic rings. The normalized spacial score (nSPS) is 10.9. The molecule has 0 saturated carbocycles. The van der Waals surface area contributed by atoms with E-state index in [0.29, 0.717) is 16.4 Å². The Bertz CT molecular complexity index is 996. The second-order valence-electron chi connectivity index (χ2n) is 5.69. The van der Waals surface area contributed by atoms with Gasteiger partial charge in [0.05, 0.1) is 6.10 Å². The Labute approximate surface area is 153 Å². The van der Waals surface area contributed by atoms with Gasteiger partial charge in [-0.25, -0.2) is 4.68 Å². The Morgan fingerprint density at radius 3 is 2.85 bits per heavy atom. The van der Waals surface area contributed by atoms with Gasteiger partial charge in [0.2, 0.25) is 5.82 Å². The zero-order valence-electron chi connectivity index (χ0n) is 14.0. The molecule has 0 atom stereocenters. The van der Waals surface area contributed by atoms with Crippen molar-refractivity contribution in [2.24, 2.45) is 0 Å². The Hall–Kier alpha value is -3.00. The lowest BCUT2D eigenvalue weighted by Gasteiger charge is -2.08. The maximum atomic E-state index is 11.9. The fourth-order valence-electron chi connectivity index (χ4n) is 2.17. The maximum Gasteiger partial charge on any atom is 0.328 e. The molecule has 0 bridgehead atoms. The Kier molecular flexibility index (Phi) is 5.13. The smallest absolute Gasteiger partial charge is 0.328 e. The predicted octanol–water partition coefficient (Wildman–Crippen LogP) is 2.57. The zero-order chi connectivity index (χ0) is 18.7. The third-order valence-electron chi connectivity index (χ3n) is 3.24. The first-order valence-corrected chi connectivity index (χ1v) is 8.18. The molecule has 0 aliphatic rings. The van der Waals surface area contributed by atoms with Gasteiger partial charge in [-0.2, -0.15) is 10.1 Å². The molecule has 0 fully saturated rings. The molecule has 2 aromatic heterocycles. The van der Waals surface area contributed by atoms with Crippen LogP contribution in [0.2, 0.25) is 5.02 Å². The third kappa shape index (κ3) is 4.15. The van der Waals surface area contributed by atoms with Gasteiger partial charge in [0, 0.05) is 16.7 Å². The Balaban J connectivity index is 1.87. The molecular formula is C17H15ClN4O4. The molecule has 0 radical (unpaired) electrons. The van der Waals surface area contributed by atoms with Crippen LogP contribution >= 0.6 is 11.6 Å². The summed E-state index contributed by atoms with van der Waals surface area (Å²) in [5.74, 6) is -0.107. The quantitative estimate of drug-likeness (QED) is 0.632. The van der Waals surface area contributed by atoms with E-state index >= 15 is 0 Å². The fourth-order valence-corrected chi connectivity index (χ4v) is 2.36. The van der Waals surface area contributed by atoms with Crippen LogP contribution in [0.1, 0.15) is 13.8 Å². The number of hydrogen-bond acceptors (Lipinski definition) is 7. The number of esters is 1. The van der Waals surface area contributed by atoms with E-state index in [1.54, 1.807) is 38.1 Å². The summed E-state index contributed by atoms with van der Waals surface area (Å²) >= 11 is 5.96. The molecule has 8 nitrogen and oxygen atoms in total. The van der Waals surface area contributed by atoms with Gasteiger partial charge in [0.15, 0.2) is 0 Å².